The molecule has 2 aromatic heterocycles. The van der Waals surface area contributed by atoms with Gasteiger partial charge in [0.05, 0.1) is 16.7 Å². The molecule has 6 heteroatoms. The van der Waals surface area contributed by atoms with Gasteiger partial charge in [-0.25, -0.2) is 9.67 Å². The van der Waals surface area contributed by atoms with Gasteiger partial charge in [0, 0.05) is 21.7 Å². The quantitative estimate of drug-likeness (QED) is 0.698. The van der Waals surface area contributed by atoms with E-state index in [4.69, 9.17) is 17.3 Å². The van der Waals surface area contributed by atoms with Crippen molar-refractivity contribution < 1.29 is 0 Å². The number of hydrogen-bond acceptors (Lipinski definition) is 3. The fourth-order valence-electron chi connectivity index (χ4n) is 1.77. The van der Waals surface area contributed by atoms with E-state index in [1.165, 1.54) is 0 Å². The van der Waals surface area contributed by atoms with Crippen molar-refractivity contribution in [2.45, 2.75) is 0 Å². The van der Waals surface area contributed by atoms with E-state index in [9.17, 15) is 0 Å². The first-order valence-electron chi connectivity index (χ1n) is 5.20. The van der Waals surface area contributed by atoms with E-state index in [0.29, 0.717) is 16.5 Å². The van der Waals surface area contributed by atoms with E-state index in [1.807, 2.05) is 18.2 Å². The van der Waals surface area contributed by atoms with Crippen LogP contribution in [-0.4, -0.2) is 14.8 Å². The molecule has 3 aromatic rings. The molecule has 0 amide bonds. The lowest BCUT2D eigenvalue weighted by molar-refractivity contribution is 0.874. The van der Waals surface area contributed by atoms with Crippen LogP contribution in [0.3, 0.4) is 0 Å². The minimum absolute atomic E-state index is 0.525. The fourth-order valence-corrected chi connectivity index (χ4v) is 2.48. The van der Waals surface area contributed by atoms with Crippen LogP contribution < -0.4 is 5.73 Å². The lowest BCUT2D eigenvalue weighted by atomic mass is 10.2. The summed E-state index contributed by atoms with van der Waals surface area (Å²) >= 11 is 9.50. The van der Waals surface area contributed by atoms with E-state index in [0.717, 1.165) is 15.4 Å². The molecule has 0 saturated carbocycles. The molecule has 0 aliphatic heterocycles. The number of nitrogens with zero attached hydrogens (tertiary/aromatic N) is 3. The third-order valence-electron chi connectivity index (χ3n) is 2.58. The third kappa shape index (κ3) is 1.85. The molecule has 90 valence electrons. The number of rotatable bonds is 1. The average molecular weight is 324 g/mol. The Labute approximate surface area is 117 Å². The molecular formula is C12H8BrClN4. The molecule has 3 rings (SSSR count). The largest absolute Gasteiger partial charge is 0.399 e. The Morgan fingerprint density at radius 1 is 1.22 bits per heavy atom. The van der Waals surface area contributed by atoms with E-state index < -0.39 is 0 Å². The van der Waals surface area contributed by atoms with Crippen LogP contribution in [0.1, 0.15) is 0 Å². The van der Waals surface area contributed by atoms with E-state index in [1.54, 1.807) is 23.1 Å². The molecule has 4 nitrogen and oxygen atoms in total. The highest BCUT2D eigenvalue weighted by atomic mass is 79.9. The minimum atomic E-state index is 0.525. The van der Waals surface area contributed by atoms with Crippen LogP contribution in [-0.2, 0) is 0 Å². The van der Waals surface area contributed by atoms with E-state index >= 15 is 0 Å². The molecule has 0 aliphatic rings. The van der Waals surface area contributed by atoms with Gasteiger partial charge in [-0.15, -0.1) is 0 Å². The van der Waals surface area contributed by atoms with Gasteiger partial charge < -0.3 is 5.73 Å². The van der Waals surface area contributed by atoms with Crippen molar-refractivity contribution >= 4 is 44.1 Å². The topological polar surface area (TPSA) is 56.7 Å². The number of nitrogens with two attached hydrogens (primary N) is 1. The number of halogens is 2. The predicted octanol–water partition coefficient (Wildman–Crippen LogP) is 3.42. The molecule has 0 aliphatic carbocycles. The maximum atomic E-state index is 6.18. The van der Waals surface area contributed by atoms with Gasteiger partial charge in [0.1, 0.15) is 0 Å². The third-order valence-corrected chi connectivity index (χ3v) is 3.30. The van der Waals surface area contributed by atoms with Crippen LogP contribution in [0.15, 0.2) is 41.1 Å². The predicted molar refractivity (Wildman–Crippen MR) is 76.0 cm³/mol. The molecule has 2 N–H and O–H groups in total. The number of pyridine rings is 1. The smallest absolute Gasteiger partial charge is 0.172 e. The number of fused-ring (bicyclic) bond motifs is 1. The van der Waals surface area contributed by atoms with Crippen LogP contribution in [0.5, 0.6) is 0 Å². The van der Waals surface area contributed by atoms with Crippen molar-refractivity contribution in [3.63, 3.8) is 0 Å². The van der Waals surface area contributed by atoms with Crippen LogP contribution >= 0.6 is 27.5 Å². The van der Waals surface area contributed by atoms with Crippen LogP contribution in [0, 0.1) is 0 Å². The summed E-state index contributed by atoms with van der Waals surface area (Å²) in [4.78, 5) is 4.28. The Balaban J connectivity index is 2.28. The molecule has 0 radical (unpaired) electrons. The second kappa shape index (κ2) is 4.26. The standard InChI is InChI=1S/C12H8BrClN4/c13-8-3-10(14)12(16-6-8)18-11-4-9(15)2-1-7(11)5-17-18/h1-6H,15H2. The molecule has 18 heavy (non-hydrogen) atoms. The lowest BCUT2D eigenvalue weighted by Gasteiger charge is -2.05. The molecule has 1 aromatic carbocycles. The first kappa shape index (κ1) is 11.5. The Bertz CT molecular complexity index is 738. The number of hydrogen-bond donors (Lipinski definition) is 1. The number of aromatic nitrogens is 3. The number of anilines is 1. The molecule has 0 atom stereocenters. The molecule has 0 unspecified atom stereocenters. The van der Waals surface area contributed by atoms with Crippen molar-refractivity contribution in [3.8, 4) is 5.82 Å². The normalized spacial score (nSPS) is 11.0. The first-order chi connectivity index (χ1) is 8.65. The molecular weight excluding hydrogens is 316 g/mol. The van der Waals surface area contributed by atoms with Crippen molar-refractivity contribution in [2.75, 3.05) is 5.73 Å². The average Bonchev–Trinajstić information content (AvgIpc) is 2.72. The summed E-state index contributed by atoms with van der Waals surface area (Å²) in [5.74, 6) is 0.584. The summed E-state index contributed by atoms with van der Waals surface area (Å²) < 4.78 is 2.51. The Hall–Kier alpha value is -1.59. The molecule has 0 fully saturated rings. The van der Waals surface area contributed by atoms with E-state index in [2.05, 4.69) is 26.0 Å². The van der Waals surface area contributed by atoms with Crippen LogP contribution in [0.4, 0.5) is 5.69 Å². The molecule has 0 bridgehead atoms. The zero-order chi connectivity index (χ0) is 12.7. The second-order valence-electron chi connectivity index (χ2n) is 3.83. The highest BCUT2D eigenvalue weighted by molar-refractivity contribution is 9.10. The SMILES string of the molecule is Nc1ccc2cnn(-c3ncc(Br)cc3Cl)c2c1. The summed E-state index contributed by atoms with van der Waals surface area (Å²) in [6.45, 7) is 0. The summed E-state index contributed by atoms with van der Waals surface area (Å²) in [5.41, 5.74) is 7.35. The van der Waals surface area contributed by atoms with Crippen molar-refractivity contribution in [3.05, 3.63) is 46.2 Å². The van der Waals surface area contributed by atoms with E-state index in [-0.39, 0.29) is 0 Å². The van der Waals surface area contributed by atoms with Gasteiger partial charge in [-0.05, 0) is 40.2 Å². The van der Waals surface area contributed by atoms with Crippen molar-refractivity contribution in [1.82, 2.24) is 14.8 Å². The van der Waals surface area contributed by atoms with Gasteiger partial charge in [-0.2, -0.15) is 5.10 Å². The molecule has 2 heterocycles. The van der Waals surface area contributed by atoms with Gasteiger partial charge in [0.25, 0.3) is 0 Å². The maximum absolute atomic E-state index is 6.18. The Morgan fingerprint density at radius 2 is 2.06 bits per heavy atom. The summed E-state index contributed by atoms with van der Waals surface area (Å²) in [5, 5.41) is 5.81. The van der Waals surface area contributed by atoms with Crippen LogP contribution in [0.25, 0.3) is 16.7 Å². The summed E-state index contributed by atoms with van der Waals surface area (Å²) in [6, 6.07) is 7.39. The first-order valence-corrected chi connectivity index (χ1v) is 6.37. The summed E-state index contributed by atoms with van der Waals surface area (Å²) in [6.07, 6.45) is 3.44. The highest BCUT2D eigenvalue weighted by Gasteiger charge is 2.10. The Kier molecular flexibility index (Phi) is 2.72. The second-order valence-corrected chi connectivity index (χ2v) is 5.16. The highest BCUT2D eigenvalue weighted by Crippen LogP contribution is 2.25. The monoisotopic (exact) mass is 322 g/mol. The lowest BCUT2D eigenvalue weighted by Crippen LogP contribution is -2.00. The number of benzene rings is 1. The van der Waals surface area contributed by atoms with Gasteiger partial charge in [-0.3, -0.25) is 0 Å². The van der Waals surface area contributed by atoms with Gasteiger partial charge in [0.2, 0.25) is 0 Å². The zero-order valence-corrected chi connectivity index (χ0v) is 11.5. The fraction of sp³-hybridized carbons (Fsp3) is 0. The molecule has 0 spiro atoms. The zero-order valence-electron chi connectivity index (χ0n) is 9.14. The molecule has 0 saturated heterocycles. The minimum Gasteiger partial charge on any atom is -0.399 e. The maximum Gasteiger partial charge on any atom is 0.172 e. The van der Waals surface area contributed by atoms with Crippen LogP contribution in [0.2, 0.25) is 5.02 Å². The number of nitrogen functional groups attached to an aromatic ring is 1. The van der Waals surface area contributed by atoms with Gasteiger partial charge >= 0.3 is 0 Å². The van der Waals surface area contributed by atoms with Crippen molar-refractivity contribution in [1.29, 1.82) is 0 Å². The van der Waals surface area contributed by atoms with Gasteiger partial charge in [0.15, 0.2) is 5.82 Å². The summed E-state index contributed by atoms with van der Waals surface area (Å²) in [7, 11) is 0. The van der Waals surface area contributed by atoms with Gasteiger partial charge in [-0.1, -0.05) is 11.6 Å². The van der Waals surface area contributed by atoms with Crippen molar-refractivity contribution in [2.24, 2.45) is 0 Å². The Morgan fingerprint density at radius 3 is 2.83 bits per heavy atom.